The van der Waals surface area contributed by atoms with E-state index >= 15 is 0 Å². The highest BCUT2D eigenvalue weighted by Gasteiger charge is 2.16. The van der Waals surface area contributed by atoms with E-state index in [1.54, 1.807) is 0 Å². The van der Waals surface area contributed by atoms with Crippen molar-refractivity contribution in [2.24, 2.45) is 11.7 Å². The lowest BCUT2D eigenvalue weighted by Crippen LogP contribution is -2.29. The summed E-state index contributed by atoms with van der Waals surface area (Å²) < 4.78 is 0. The monoisotopic (exact) mass is 241 g/mol. The molecule has 0 bridgehead atoms. The molecule has 16 heavy (non-hydrogen) atoms. The number of hydrogen-bond donors (Lipinski definition) is 2. The fourth-order valence-corrected chi connectivity index (χ4v) is 2.30. The van der Waals surface area contributed by atoms with Gasteiger partial charge in [-0.3, -0.25) is 4.79 Å². The average Bonchev–Trinajstić information content (AvgIpc) is 2.55. The highest BCUT2D eigenvalue weighted by molar-refractivity contribution is 7.13. The number of aromatic nitrogens is 1. The van der Waals surface area contributed by atoms with Crippen LogP contribution in [0.2, 0.25) is 0 Å². The van der Waals surface area contributed by atoms with Crippen molar-refractivity contribution in [2.75, 3.05) is 13.1 Å². The first-order valence-electron chi connectivity index (χ1n) is 5.49. The van der Waals surface area contributed by atoms with Crippen LogP contribution in [0.15, 0.2) is 0 Å². The number of hydrogen-bond acceptors (Lipinski definition) is 4. The van der Waals surface area contributed by atoms with Crippen LogP contribution in [0.3, 0.4) is 0 Å². The molecule has 0 spiro atoms. The largest absolute Gasteiger partial charge is 0.350 e. The number of nitrogens with two attached hydrogens (primary N) is 1. The quantitative estimate of drug-likeness (QED) is 0.817. The van der Waals surface area contributed by atoms with Gasteiger partial charge in [0, 0.05) is 13.1 Å². The third-order valence-electron chi connectivity index (χ3n) is 2.04. The summed E-state index contributed by atoms with van der Waals surface area (Å²) in [6, 6.07) is 0. The van der Waals surface area contributed by atoms with Crippen molar-refractivity contribution < 1.29 is 4.79 Å². The lowest BCUT2D eigenvalue weighted by molar-refractivity contribution is 0.0957. The zero-order chi connectivity index (χ0) is 12.1. The maximum Gasteiger partial charge on any atom is 0.263 e. The SMILES string of the molecule is Cc1nc(CC(C)C)c(C(=O)NCCN)s1. The van der Waals surface area contributed by atoms with Gasteiger partial charge >= 0.3 is 0 Å². The summed E-state index contributed by atoms with van der Waals surface area (Å²) in [4.78, 5) is 17.0. The van der Waals surface area contributed by atoms with E-state index in [0.29, 0.717) is 19.0 Å². The van der Waals surface area contributed by atoms with Crippen LogP contribution in [0, 0.1) is 12.8 Å². The molecule has 1 amide bonds. The summed E-state index contributed by atoms with van der Waals surface area (Å²) >= 11 is 1.45. The van der Waals surface area contributed by atoms with Crippen molar-refractivity contribution in [1.82, 2.24) is 10.3 Å². The van der Waals surface area contributed by atoms with Crippen LogP contribution in [0.5, 0.6) is 0 Å². The van der Waals surface area contributed by atoms with Gasteiger partial charge in [-0.05, 0) is 19.3 Å². The van der Waals surface area contributed by atoms with E-state index in [9.17, 15) is 4.79 Å². The minimum Gasteiger partial charge on any atom is -0.350 e. The molecule has 0 aliphatic heterocycles. The number of nitrogens with one attached hydrogen (secondary N) is 1. The number of carbonyl (C=O) groups excluding carboxylic acids is 1. The summed E-state index contributed by atoms with van der Waals surface area (Å²) in [6.45, 7) is 7.14. The predicted octanol–water partition coefficient (Wildman–Crippen LogP) is 1.34. The van der Waals surface area contributed by atoms with Crippen LogP contribution in [0.1, 0.15) is 34.2 Å². The van der Waals surface area contributed by atoms with Crippen molar-refractivity contribution in [3.05, 3.63) is 15.6 Å². The van der Waals surface area contributed by atoms with Gasteiger partial charge in [-0.1, -0.05) is 13.8 Å². The molecule has 0 atom stereocenters. The average molecular weight is 241 g/mol. The number of nitrogens with zero attached hydrogens (tertiary/aromatic N) is 1. The standard InChI is InChI=1S/C11H19N3OS/c1-7(2)6-9-10(16-8(3)14-9)11(15)13-5-4-12/h7H,4-6,12H2,1-3H3,(H,13,15). The Morgan fingerprint density at radius 2 is 2.25 bits per heavy atom. The normalized spacial score (nSPS) is 10.8. The smallest absolute Gasteiger partial charge is 0.263 e. The lowest BCUT2D eigenvalue weighted by atomic mass is 10.1. The van der Waals surface area contributed by atoms with Crippen LogP contribution in [-0.4, -0.2) is 24.0 Å². The van der Waals surface area contributed by atoms with Crippen molar-refractivity contribution in [1.29, 1.82) is 0 Å². The topological polar surface area (TPSA) is 68.0 Å². The van der Waals surface area contributed by atoms with E-state index in [-0.39, 0.29) is 5.91 Å². The summed E-state index contributed by atoms with van der Waals surface area (Å²) in [7, 11) is 0. The van der Waals surface area contributed by atoms with Gasteiger partial charge in [-0.25, -0.2) is 4.98 Å². The Labute approximate surface area is 100 Å². The van der Waals surface area contributed by atoms with Crippen molar-refractivity contribution in [2.45, 2.75) is 27.2 Å². The summed E-state index contributed by atoms with van der Waals surface area (Å²) in [5.41, 5.74) is 6.26. The Bertz CT molecular complexity index is 360. The zero-order valence-corrected chi connectivity index (χ0v) is 10.9. The molecule has 0 fully saturated rings. The van der Waals surface area contributed by atoms with E-state index in [1.807, 2.05) is 6.92 Å². The number of carbonyl (C=O) groups is 1. The molecule has 1 aromatic heterocycles. The molecule has 0 saturated heterocycles. The number of rotatable bonds is 5. The maximum absolute atomic E-state index is 11.8. The van der Waals surface area contributed by atoms with E-state index in [2.05, 4.69) is 24.1 Å². The van der Waals surface area contributed by atoms with Crippen molar-refractivity contribution in [3.8, 4) is 0 Å². The molecule has 0 radical (unpaired) electrons. The molecule has 90 valence electrons. The van der Waals surface area contributed by atoms with Gasteiger partial charge in [0.25, 0.3) is 5.91 Å². The Balaban J connectivity index is 2.81. The van der Waals surface area contributed by atoms with Crippen LogP contribution in [0.4, 0.5) is 0 Å². The van der Waals surface area contributed by atoms with Gasteiger partial charge in [0.05, 0.1) is 10.7 Å². The molecule has 0 aromatic carbocycles. The van der Waals surface area contributed by atoms with Gasteiger partial charge in [0.2, 0.25) is 0 Å². The molecule has 1 aromatic rings. The Kier molecular flexibility index (Phi) is 4.89. The van der Waals surface area contributed by atoms with E-state index in [4.69, 9.17) is 5.73 Å². The molecule has 1 heterocycles. The maximum atomic E-state index is 11.8. The molecule has 0 aliphatic rings. The first-order valence-corrected chi connectivity index (χ1v) is 6.30. The summed E-state index contributed by atoms with van der Waals surface area (Å²) in [5, 5.41) is 3.72. The molecule has 0 saturated carbocycles. The number of amides is 1. The predicted molar refractivity (Wildman–Crippen MR) is 66.8 cm³/mol. The minimum atomic E-state index is -0.0494. The molecule has 5 heteroatoms. The van der Waals surface area contributed by atoms with E-state index < -0.39 is 0 Å². The molecule has 1 rings (SSSR count). The summed E-state index contributed by atoms with van der Waals surface area (Å²) in [5.74, 6) is 0.453. The van der Waals surface area contributed by atoms with Gasteiger partial charge < -0.3 is 11.1 Å². The van der Waals surface area contributed by atoms with Crippen LogP contribution in [-0.2, 0) is 6.42 Å². The first-order chi connectivity index (χ1) is 7.54. The van der Waals surface area contributed by atoms with Crippen LogP contribution >= 0.6 is 11.3 Å². The highest BCUT2D eigenvalue weighted by Crippen LogP contribution is 2.20. The Morgan fingerprint density at radius 3 is 2.81 bits per heavy atom. The minimum absolute atomic E-state index is 0.0494. The Morgan fingerprint density at radius 1 is 1.56 bits per heavy atom. The Hall–Kier alpha value is -0.940. The fraction of sp³-hybridized carbons (Fsp3) is 0.636. The second-order valence-corrected chi connectivity index (χ2v) is 5.35. The van der Waals surface area contributed by atoms with Gasteiger partial charge in [0.1, 0.15) is 4.88 Å². The molecule has 0 aliphatic carbocycles. The zero-order valence-electron chi connectivity index (χ0n) is 10.0. The third-order valence-corrected chi connectivity index (χ3v) is 3.05. The van der Waals surface area contributed by atoms with Gasteiger partial charge in [-0.2, -0.15) is 0 Å². The molecular formula is C11H19N3OS. The second-order valence-electron chi connectivity index (χ2n) is 4.15. The molecular weight excluding hydrogens is 222 g/mol. The van der Waals surface area contributed by atoms with Crippen molar-refractivity contribution in [3.63, 3.8) is 0 Å². The fourth-order valence-electron chi connectivity index (χ4n) is 1.44. The van der Waals surface area contributed by atoms with Gasteiger partial charge in [-0.15, -0.1) is 11.3 Å². The van der Waals surface area contributed by atoms with Crippen molar-refractivity contribution >= 4 is 17.2 Å². The number of aryl methyl sites for hydroxylation is 1. The first kappa shape index (κ1) is 13.1. The van der Waals surface area contributed by atoms with Gasteiger partial charge in [0.15, 0.2) is 0 Å². The van der Waals surface area contributed by atoms with Crippen LogP contribution < -0.4 is 11.1 Å². The molecule has 3 N–H and O–H groups in total. The summed E-state index contributed by atoms with van der Waals surface area (Å²) in [6.07, 6.45) is 0.843. The second kappa shape index (κ2) is 5.96. The number of thiazole rings is 1. The van der Waals surface area contributed by atoms with E-state index in [1.165, 1.54) is 11.3 Å². The molecule has 0 unspecified atom stereocenters. The third kappa shape index (κ3) is 3.57. The lowest BCUT2D eigenvalue weighted by Gasteiger charge is -2.05. The van der Waals surface area contributed by atoms with E-state index in [0.717, 1.165) is 22.0 Å². The van der Waals surface area contributed by atoms with Crippen LogP contribution in [0.25, 0.3) is 0 Å². The molecule has 4 nitrogen and oxygen atoms in total. The highest BCUT2D eigenvalue weighted by atomic mass is 32.1.